The van der Waals surface area contributed by atoms with E-state index in [0.29, 0.717) is 25.8 Å². The third-order valence-electron chi connectivity index (χ3n) is 3.72. The van der Waals surface area contributed by atoms with Crippen LogP contribution in [0.5, 0.6) is 5.75 Å². The monoisotopic (exact) mass is 393 g/mol. The molecule has 0 aliphatic rings. The van der Waals surface area contributed by atoms with Gasteiger partial charge in [0.2, 0.25) is 11.8 Å². The van der Waals surface area contributed by atoms with Gasteiger partial charge in [-0.2, -0.15) is 0 Å². The Labute approximate surface area is 166 Å². The number of amides is 3. The Balaban J connectivity index is 2.03. The Bertz CT molecular complexity index is 655. The lowest BCUT2D eigenvalue weighted by molar-refractivity contribution is -0.122. The van der Waals surface area contributed by atoms with Crippen LogP contribution < -0.4 is 16.2 Å². The van der Waals surface area contributed by atoms with E-state index >= 15 is 0 Å². The maximum absolute atomic E-state index is 11.8. The van der Waals surface area contributed by atoms with Gasteiger partial charge in [-0.1, -0.05) is 24.6 Å². The summed E-state index contributed by atoms with van der Waals surface area (Å²) < 4.78 is 5.00. The molecule has 0 aliphatic heterocycles. The second-order valence-corrected chi connectivity index (χ2v) is 7.46. The van der Waals surface area contributed by atoms with Crippen LogP contribution in [0.25, 0.3) is 0 Å². The molecule has 1 aromatic rings. The van der Waals surface area contributed by atoms with Crippen molar-refractivity contribution in [3.8, 4) is 5.75 Å². The number of hydrogen-bond donors (Lipinski definition) is 4. The van der Waals surface area contributed by atoms with Crippen LogP contribution in [0.4, 0.5) is 4.79 Å². The van der Waals surface area contributed by atoms with Crippen molar-refractivity contribution in [3.63, 3.8) is 0 Å². The fourth-order valence-corrected chi connectivity index (χ4v) is 2.36. The van der Waals surface area contributed by atoms with E-state index in [2.05, 4.69) is 16.2 Å². The third-order valence-corrected chi connectivity index (χ3v) is 3.72. The maximum Gasteiger partial charge on any atom is 0.426 e. The number of hydrazine groups is 1. The van der Waals surface area contributed by atoms with Gasteiger partial charge in [0.15, 0.2) is 0 Å². The second-order valence-electron chi connectivity index (χ2n) is 7.46. The third kappa shape index (κ3) is 11.1. The number of carbonyl (C=O) groups is 3. The molecule has 8 nitrogen and oxygen atoms in total. The molecule has 0 aliphatic carbocycles. The highest BCUT2D eigenvalue weighted by Crippen LogP contribution is 2.17. The Morgan fingerprint density at radius 1 is 0.964 bits per heavy atom. The van der Waals surface area contributed by atoms with Gasteiger partial charge < -0.3 is 15.2 Å². The number of nitrogens with one attached hydrogen (secondary N) is 3. The molecule has 0 saturated carbocycles. The first-order valence-corrected chi connectivity index (χ1v) is 9.49. The average Bonchev–Trinajstić information content (AvgIpc) is 2.60. The predicted molar refractivity (Wildman–Crippen MR) is 105 cm³/mol. The number of unbranched alkanes of at least 4 members (excludes halogenated alkanes) is 2. The Hall–Kier alpha value is -2.77. The second kappa shape index (κ2) is 11.8. The van der Waals surface area contributed by atoms with Crippen molar-refractivity contribution in [2.24, 2.45) is 0 Å². The lowest BCUT2D eigenvalue weighted by Crippen LogP contribution is -2.44. The van der Waals surface area contributed by atoms with Crippen LogP contribution in [0, 0.1) is 0 Å². The number of phenolic OH excluding ortho intramolecular Hbond substituents is 1. The van der Waals surface area contributed by atoms with Gasteiger partial charge in [0.1, 0.15) is 11.4 Å². The van der Waals surface area contributed by atoms with Crippen LogP contribution in [0.2, 0.25) is 0 Å². The van der Waals surface area contributed by atoms with Gasteiger partial charge in [-0.25, -0.2) is 10.2 Å². The topological polar surface area (TPSA) is 117 Å². The minimum absolute atomic E-state index is 0.0671. The van der Waals surface area contributed by atoms with Gasteiger partial charge in [0.05, 0.1) is 0 Å². The van der Waals surface area contributed by atoms with Crippen molar-refractivity contribution in [3.05, 3.63) is 29.8 Å². The molecule has 3 amide bonds. The summed E-state index contributed by atoms with van der Waals surface area (Å²) in [5.41, 5.74) is 4.63. The molecule has 0 saturated heterocycles. The quantitative estimate of drug-likeness (QED) is 0.380. The van der Waals surface area contributed by atoms with Crippen LogP contribution in [0.1, 0.15) is 58.4 Å². The molecule has 0 atom stereocenters. The first-order chi connectivity index (χ1) is 13.2. The molecule has 4 N–H and O–H groups in total. The van der Waals surface area contributed by atoms with Gasteiger partial charge in [0, 0.05) is 19.4 Å². The molecule has 0 spiro atoms. The fraction of sp³-hybridized carbons (Fsp3) is 0.550. The molecule has 0 aromatic heterocycles. The fourth-order valence-electron chi connectivity index (χ4n) is 2.36. The number of aryl methyl sites for hydroxylation is 1. The molecular formula is C20H31N3O5. The largest absolute Gasteiger partial charge is 0.508 e. The average molecular weight is 393 g/mol. The smallest absolute Gasteiger partial charge is 0.426 e. The summed E-state index contributed by atoms with van der Waals surface area (Å²) in [5.74, 6) is -0.158. The van der Waals surface area contributed by atoms with Gasteiger partial charge in [-0.15, -0.1) is 0 Å². The standard InChI is InChI=1S/C20H31N3O5/c1-20(2,3)28-19(27)23-22-18(26)11-5-4-8-14-21-17(25)13-12-15-9-6-7-10-16(15)24/h6-7,9-10,24H,4-5,8,11-14H2,1-3H3,(H,21,25)(H,22,26)(H,23,27). The van der Waals surface area contributed by atoms with Crippen LogP contribution in [0.15, 0.2) is 24.3 Å². The number of aromatic hydroxyl groups is 1. The van der Waals surface area contributed by atoms with Crippen molar-refractivity contribution in [2.75, 3.05) is 6.54 Å². The summed E-state index contributed by atoms with van der Waals surface area (Å²) in [4.78, 5) is 34.8. The van der Waals surface area contributed by atoms with E-state index in [9.17, 15) is 19.5 Å². The zero-order valence-corrected chi connectivity index (χ0v) is 16.8. The van der Waals surface area contributed by atoms with E-state index in [1.165, 1.54) is 0 Å². The molecule has 0 unspecified atom stereocenters. The van der Waals surface area contributed by atoms with Crippen LogP contribution in [-0.4, -0.2) is 35.2 Å². The van der Waals surface area contributed by atoms with E-state index in [0.717, 1.165) is 18.4 Å². The lowest BCUT2D eigenvalue weighted by Gasteiger charge is -2.19. The molecule has 156 valence electrons. The van der Waals surface area contributed by atoms with Crippen molar-refractivity contribution in [1.29, 1.82) is 0 Å². The summed E-state index contributed by atoms with van der Waals surface area (Å²) in [6.45, 7) is 5.74. The maximum atomic E-state index is 11.8. The highest BCUT2D eigenvalue weighted by Gasteiger charge is 2.16. The van der Waals surface area contributed by atoms with E-state index < -0.39 is 11.7 Å². The number of hydrogen-bond acceptors (Lipinski definition) is 5. The van der Waals surface area contributed by atoms with Crippen LogP contribution in [-0.2, 0) is 20.7 Å². The summed E-state index contributed by atoms with van der Waals surface area (Å²) in [7, 11) is 0. The molecule has 0 bridgehead atoms. The molecule has 8 heteroatoms. The number of para-hydroxylation sites is 1. The number of ether oxygens (including phenoxy) is 1. The molecule has 0 heterocycles. The van der Waals surface area contributed by atoms with Crippen LogP contribution >= 0.6 is 0 Å². The number of benzene rings is 1. The highest BCUT2D eigenvalue weighted by molar-refractivity contribution is 5.79. The first-order valence-electron chi connectivity index (χ1n) is 9.49. The van der Waals surface area contributed by atoms with E-state index in [1.807, 2.05) is 6.07 Å². The molecule has 1 rings (SSSR count). The number of rotatable bonds is 9. The van der Waals surface area contributed by atoms with Gasteiger partial charge in [-0.3, -0.25) is 15.0 Å². The molecule has 28 heavy (non-hydrogen) atoms. The zero-order chi connectivity index (χ0) is 21.0. The van der Waals surface area contributed by atoms with Crippen LogP contribution in [0.3, 0.4) is 0 Å². The van der Waals surface area contributed by atoms with Crippen molar-refractivity contribution in [2.45, 2.75) is 64.9 Å². The van der Waals surface area contributed by atoms with E-state index in [1.54, 1.807) is 39.0 Å². The van der Waals surface area contributed by atoms with Crippen molar-refractivity contribution < 1.29 is 24.2 Å². The van der Waals surface area contributed by atoms with Gasteiger partial charge in [0.25, 0.3) is 0 Å². The first kappa shape index (κ1) is 23.3. The Morgan fingerprint density at radius 2 is 1.68 bits per heavy atom. The summed E-state index contributed by atoms with van der Waals surface area (Å²) in [6.07, 6.45) is 2.56. The Morgan fingerprint density at radius 3 is 2.36 bits per heavy atom. The lowest BCUT2D eigenvalue weighted by atomic mass is 10.1. The minimum atomic E-state index is -0.701. The molecule has 1 aromatic carbocycles. The molecule has 0 radical (unpaired) electrons. The SMILES string of the molecule is CC(C)(C)OC(=O)NNC(=O)CCCCCNC(=O)CCc1ccccc1O. The Kier molecular flexibility index (Phi) is 9.84. The van der Waals surface area contributed by atoms with Crippen molar-refractivity contribution in [1.82, 2.24) is 16.2 Å². The minimum Gasteiger partial charge on any atom is -0.508 e. The predicted octanol–water partition coefficient (Wildman–Crippen LogP) is 2.56. The highest BCUT2D eigenvalue weighted by atomic mass is 16.6. The van der Waals surface area contributed by atoms with E-state index in [-0.39, 0.29) is 24.0 Å². The molecule has 0 fully saturated rings. The molecular weight excluding hydrogens is 362 g/mol. The zero-order valence-electron chi connectivity index (χ0n) is 16.8. The van der Waals surface area contributed by atoms with Gasteiger partial charge in [-0.05, 0) is 51.7 Å². The van der Waals surface area contributed by atoms with Crippen molar-refractivity contribution >= 4 is 17.9 Å². The normalized spacial score (nSPS) is 10.8. The summed E-state index contributed by atoms with van der Waals surface area (Å²) in [5, 5.41) is 12.5. The number of phenols is 1. The number of carbonyl (C=O) groups excluding carboxylic acids is 3. The van der Waals surface area contributed by atoms with Gasteiger partial charge >= 0.3 is 6.09 Å². The van der Waals surface area contributed by atoms with E-state index in [4.69, 9.17) is 4.74 Å². The summed E-state index contributed by atoms with van der Waals surface area (Å²) in [6, 6.07) is 6.97. The summed E-state index contributed by atoms with van der Waals surface area (Å²) >= 11 is 0.